The first-order valence-electron chi connectivity index (χ1n) is 26.1. The molecule has 8 aromatic carbocycles. The van der Waals surface area contributed by atoms with Gasteiger partial charge in [0.25, 0.3) is 0 Å². The van der Waals surface area contributed by atoms with E-state index in [0.29, 0.717) is 6.67 Å². The van der Waals surface area contributed by atoms with E-state index in [-0.39, 0.29) is 28.5 Å². The summed E-state index contributed by atoms with van der Waals surface area (Å²) in [4.78, 5) is 9.85. The first-order chi connectivity index (χ1) is 35.5. The van der Waals surface area contributed by atoms with Gasteiger partial charge in [-0.25, -0.2) is 9.37 Å². The summed E-state index contributed by atoms with van der Waals surface area (Å²) in [6.45, 7) is 23.3. The molecule has 1 aliphatic heterocycles. The number of fused-ring (bicyclic) bond motifs is 4. The van der Waals surface area contributed by atoms with Crippen LogP contribution >= 0.6 is 0 Å². The summed E-state index contributed by atoms with van der Waals surface area (Å²) in [5.41, 5.74) is 18.0. The molecule has 0 saturated carbocycles. The molecule has 0 spiro atoms. The number of anilines is 4. The average molecular weight is 973 g/mol. The Hall–Kier alpha value is -7.96. The largest absolute Gasteiger partial charge is 0.457 e. The molecule has 0 fully saturated rings. The molecule has 3 heterocycles. The smallest absolute Gasteiger partial charge is 0.137 e. The molecule has 0 radical (unpaired) electrons. The van der Waals surface area contributed by atoms with Crippen LogP contribution < -0.4 is 14.5 Å². The Labute approximate surface area is 436 Å². The van der Waals surface area contributed by atoms with Crippen LogP contribution in [-0.2, 0) is 10.8 Å². The molecule has 11 rings (SSSR count). The van der Waals surface area contributed by atoms with E-state index < -0.39 is 0 Å². The van der Waals surface area contributed by atoms with Gasteiger partial charge in [0, 0.05) is 40.4 Å². The number of hydrogen-bond acceptors (Lipinski definition) is 4. The third-order valence-corrected chi connectivity index (χ3v) is 14.8. The molecule has 1 aliphatic rings. The van der Waals surface area contributed by atoms with Crippen LogP contribution in [0.5, 0.6) is 11.5 Å². The lowest BCUT2D eigenvalue weighted by atomic mass is 9.82. The zero-order chi connectivity index (χ0) is 51.6. The van der Waals surface area contributed by atoms with Crippen molar-refractivity contribution in [2.45, 2.75) is 91.9 Å². The van der Waals surface area contributed by atoms with Gasteiger partial charge in [-0.1, -0.05) is 172 Å². The van der Waals surface area contributed by atoms with Crippen LogP contribution in [0.1, 0.15) is 103 Å². The summed E-state index contributed by atoms with van der Waals surface area (Å²) in [7, 11) is 0. The van der Waals surface area contributed by atoms with Crippen LogP contribution in [0.3, 0.4) is 0 Å². The van der Waals surface area contributed by atoms with Crippen LogP contribution in [0.15, 0.2) is 188 Å². The molecule has 5 nitrogen and oxygen atoms in total. The lowest BCUT2D eigenvalue weighted by molar-refractivity contribution is 0.483. The Morgan fingerprint density at radius 2 is 1.18 bits per heavy atom. The van der Waals surface area contributed by atoms with E-state index in [1.807, 2.05) is 18.3 Å². The number of aromatic nitrogens is 2. The van der Waals surface area contributed by atoms with E-state index in [1.54, 1.807) is 12.1 Å². The highest BCUT2D eigenvalue weighted by Crippen LogP contribution is 2.52. The fourth-order valence-electron chi connectivity index (χ4n) is 11.0. The first-order valence-corrected chi connectivity index (χ1v) is 26.1. The van der Waals surface area contributed by atoms with Gasteiger partial charge in [0.1, 0.15) is 29.8 Å². The third-order valence-electron chi connectivity index (χ3n) is 14.8. The summed E-state index contributed by atoms with van der Waals surface area (Å²) in [6, 6.07) is 63.9. The first kappa shape index (κ1) is 48.3. The predicted octanol–water partition coefficient (Wildman–Crippen LogP) is 19.2. The van der Waals surface area contributed by atoms with Crippen LogP contribution in [0.25, 0.3) is 61.0 Å². The molecule has 0 amide bonds. The van der Waals surface area contributed by atoms with Gasteiger partial charge in [-0.05, 0) is 139 Å². The number of benzene rings is 8. The molecule has 2 aromatic heterocycles. The molecule has 370 valence electrons. The highest BCUT2D eigenvalue weighted by molar-refractivity contribution is 6.09. The normalized spacial score (nSPS) is 12.9. The summed E-state index contributed by atoms with van der Waals surface area (Å²) in [6.07, 6.45) is 1.93. The molecular formula is C68H65FN4O. The van der Waals surface area contributed by atoms with Crippen molar-refractivity contribution in [3.05, 3.63) is 216 Å². The molecule has 0 unspecified atom stereocenters. The number of para-hydroxylation sites is 4. The summed E-state index contributed by atoms with van der Waals surface area (Å²) < 4.78 is 24.0. The maximum atomic E-state index is 14.5. The highest BCUT2D eigenvalue weighted by Gasteiger charge is 2.34. The van der Waals surface area contributed by atoms with Crippen molar-refractivity contribution in [1.82, 2.24) is 9.55 Å². The Kier molecular flexibility index (Phi) is 12.3. The number of rotatable bonds is 10. The third kappa shape index (κ3) is 8.91. The van der Waals surface area contributed by atoms with Crippen LogP contribution in [-0.4, -0.2) is 16.2 Å². The van der Waals surface area contributed by atoms with Crippen LogP contribution in [0.2, 0.25) is 0 Å². The molecule has 0 N–H and O–H groups in total. The van der Waals surface area contributed by atoms with Crippen molar-refractivity contribution in [3.8, 4) is 50.7 Å². The standard InChI is InChI=1S/C68H65FN4O/c1-43(2)57-37-47(45-19-12-11-13-20-45)38-58(44(3)4)65(57)48-35-51(71-42-72(62-26-17-16-25-61(62)71)66-54(46-27-29-50(69)30-28-46)22-18-23-59(66)68(8,9)10)40-53(36-48)74-52-31-32-56-55-21-14-15-24-60(55)73(63(56)41-52)64-39-49(33-34-70-64)67(5,6)7/h11-41,43-44H,42H2,1-10H3. The van der Waals surface area contributed by atoms with Crippen molar-refractivity contribution in [1.29, 1.82) is 0 Å². The van der Waals surface area contributed by atoms with E-state index in [0.717, 1.165) is 78.6 Å². The monoisotopic (exact) mass is 973 g/mol. The number of ether oxygens (including phenoxy) is 1. The van der Waals surface area contributed by atoms with E-state index in [4.69, 9.17) is 9.72 Å². The minimum Gasteiger partial charge on any atom is -0.457 e. The zero-order valence-electron chi connectivity index (χ0n) is 44.3. The van der Waals surface area contributed by atoms with Gasteiger partial charge < -0.3 is 14.5 Å². The summed E-state index contributed by atoms with van der Waals surface area (Å²) in [5.74, 6) is 2.56. The van der Waals surface area contributed by atoms with E-state index >= 15 is 0 Å². The van der Waals surface area contributed by atoms with Crippen molar-refractivity contribution in [2.24, 2.45) is 0 Å². The van der Waals surface area contributed by atoms with Gasteiger partial charge in [-0.2, -0.15) is 0 Å². The Balaban J connectivity index is 1.11. The lowest BCUT2D eigenvalue weighted by Crippen LogP contribution is -2.27. The number of hydrogen-bond donors (Lipinski definition) is 0. The second-order valence-electron chi connectivity index (χ2n) is 22.7. The van der Waals surface area contributed by atoms with Gasteiger partial charge >= 0.3 is 0 Å². The second-order valence-corrected chi connectivity index (χ2v) is 22.7. The zero-order valence-corrected chi connectivity index (χ0v) is 44.3. The molecule has 6 heteroatoms. The van der Waals surface area contributed by atoms with Gasteiger partial charge in [-0.3, -0.25) is 4.57 Å². The fourth-order valence-corrected chi connectivity index (χ4v) is 11.0. The van der Waals surface area contributed by atoms with E-state index in [1.165, 1.54) is 38.9 Å². The van der Waals surface area contributed by atoms with Crippen molar-refractivity contribution in [2.75, 3.05) is 16.5 Å². The van der Waals surface area contributed by atoms with Crippen molar-refractivity contribution in [3.63, 3.8) is 0 Å². The fraction of sp³-hybridized carbons (Fsp3) is 0.221. The molecule has 10 aromatic rings. The Morgan fingerprint density at radius 3 is 1.86 bits per heavy atom. The Bertz CT molecular complexity index is 3690. The maximum absolute atomic E-state index is 14.5. The number of pyridine rings is 1. The quantitative estimate of drug-likeness (QED) is 0.137. The second kappa shape index (κ2) is 18.8. The number of halogens is 1. The molecular weight excluding hydrogens is 908 g/mol. The van der Waals surface area contributed by atoms with E-state index in [2.05, 4.69) is 241 Å². The molecule has 0 atom stereocenters. The molecule has 0 saturated heterocycles. The minimum absolute atomic E-state index is 0.0477. The number of nitrogens with zero attached hydrogens (tertiary/aromatic N) is 4. The van der Waals surface area contributed by atoms with Crippen LogP contribution in [0.4, 0.5) is 27.1 Å². The highest BCUT2D eigenvalue weighted by atomic mass is 19.1. The van der Waals surface area contributed by atoms with Gasteiger partial charge in [0.15, 0.2) is 0 Å². The Morgan fingerprint density at radius 1 is 0.514 bits per heavy atom. The topological polar surface area (TPSA) is 33.5 Å². The molecule has 0 aliphatic carbocycles. The van der Waals surface area contributed by atoms with Gasteiger partial charge in [0.05, 0.1) is 28.1 Å². The van der Waals surface area contributed by atoms with Gasteiger partial charge in [-0.15, -0.1) is 0 Å². The van der Waals surface area contributed by atoms with E-state index in [9.17, 15) is 4.39 Å². The average Bonchev–Trinajstić information content (AvgIpc) is 3.96. The van der Waals surface area contributed by atoms with Crippen LogP contribution in [0, 0.1) is 5.82 Å². The maximum Gasteiger partial charge on any atom is 0.137 e. The SMILES string of the molecule is CC(C)c1cc(-c2ccccc2)cc(C(C)C)c1-c1cc(Oc2ccc3c4ccccc4n(-c4cc(C(C)(C)C)ccn4)c3c2)cc(N2CN(c3c(-c4ccc(F)cc4)cccc3C(C)(C)C)c3ccccc32)c1. The predicted molar refractivity (Wildman–Crippen MR) is 309 cm³/mol. The van der Waals surface area contributed by atoms with Crippen molar-refractivity contribution >= 4 is 44.6 Å². The summed E-state index contributed by atoms with van der Waals surface area (Å²) >= 11 is 0. The van der Waals surface area contributed by atoms with Crippen molar-refractivity contribution < 1.29 is 9.13 Å². The minimum atomic E-state index is -0.251. The lowest BCUT2D eigenvalue weighted by Gasteiger charge is -2.32. The van der Waals surface area contributed by atoms with Gasteiger partial charge in [0.2, 0.25) is 0 Å². The molecule has 0 bridgehead atoms. The molecule has 74 heavy (non-hydrogen) atoms. The summed E-state index contributed by atoms with van der Waals surface area (Å²) in [5, 5.41) is 2.30.